The zero-order chi connectivity index (χ0) is 15.5. The van der Waals surface area contributed by atoms with E-state index in [2.05, 4.69) is 37.6 Å². The highest BCUT2D eigenvalue weighted by Crippen LogP contribution is 2.35. The molecule has 1 aromatic rings. The first kappa shape index (κ1) is 15.9. The molecule has 0 amide bonds. The van der Waals surface area contributed by atoms with Crippen LogP contribution in [0, 0.1) is 11.3 Å². The number of nitrogen functional groups attached to an aromatic ring is 1. The Morgan fingerprint density at radius 3 is 2.57 bits per heavy atom. The molecule has 1 aliphatic heterocycles. The second-order valence-electron chi connectivity index (χ2n) is 6.92. The molecule has 0 bridgehead atoms. The standard InChI is InChI=1S/C17H29N3O/c1-5-17(4)8-10-20(11-9-17)15-7-6-14(18)16(19-15)21-12-13(2)3/h6-7,13H,5,8-12,18H2,1-4H3. The summed E-state index contributed by atoms with van der Waals surface area (Å²) in [7, 11) is 0. The molecule has 0 aliphatic carbocycles. The number of rotatable bonds is 5. The largest absolute Gasteiger partial charge is 0.476 e. The van der Waals surface area contributed by atoms with Gasteiger partial charge < -0.3 is 15.4 Å². The van der Waals surface area contributed by atoms with E-state index in [0.29, 0.717) is 29.5 Å². The van der Waals surface area contributed by atoms with E-state index in [9.17, 15) is 0 Å². The van der Waals surface area contributed by atoms with Crippen LogP contribution in [0.4, 0.5) is 11.5 Å². The molecular weight excluding hydrogens is 262 g/mol. The van der Waals surface area contributed by atoms with E-state index in [-0.39, 0.29) is 0 Å². The van der Waals surface area contributed by atoms with Gasteiger partial charge in [0.15, 0.2) is 0 Å². The van der Waals surface area contributed by atoms with Crippen molar-refractivity contribution in [2.75, 3.05) is 30.3 Å². The molecule has 1 saturated heterocycles. The summed E-state index contributed by atoms with van der Waals surface area (Å²) in [5, 5.41) is 0. The van der Waals surface area contributed by atoms with Gasteiger partial charge in [-0.05, 0) is 36.3 Å². The number of hydrogen-bond donors (Lipinski definition) is 1. The molecule has 0 aromatic carbocycles. The summed E-state index contributed by atoms with van der Waals surface area (Å²) in [4.78, 5) is 6.97. The molecule has 0 unspecified atom stereocenters. The Morgan fingerprint density at radius 1 is 1.33 bits per heavy atom. The topological polar surface area (TPSA) is 51.4 Å². The van der Waals surface area contributed by atoms with Gasteiger partial charge in [-0.1, -0.05) is 34.1 Å². The Morgan fingerprint density at radius 2 is 2.00 bits per heavy atom. The summed E-state index contributed by atoms with van der Waals surface area (Å²) >= 11 is 0. The first-order chi connectivity index (χ1) is 9.93. The molecule has 2 rings (SSSR count). The van der Waals surface area contributed by atoms with Crippen LogP contribution >= 0.6 is 0 Å². The van der Waals surface area contributed by atoms with Crippen molar-refractivity contribution in [2.45, 2.75) is 47.0 Å². The molecule has 0 atom stereocenters. The lowest BCUT2D eigenvalue weighted by molar-refractivity contribution is 0.237. The van der Waals surface area contributed by atoms with Gasteiger partial charge in [0.25, 0.3) is 0 Å². The highest BCUT2D eigenvalue weighted by molar-refractivity contribution is 5.54. The summed E-state index contributed by atoms with van der Waals surface area (Å²) < 4.78 is 5.73. The van der Waals surface area contributed by atoms with Crippen molar-refractivity contribution >= 4 is 11.5 Å². The van der Waals surface area contributed by atoms with Crippen molar-refractivity contribution in [3.8, 4) is 5.88 Å². The maximum Gasteiger partial charge on any atom is 0.239 e. The minimum absolute atomic E-state index is 0.468. The molecular formula is C17H29N3O. The van der Waals surface area contributed by atoms with Crippen LogP contribution in [0.2, 0.25) is 0 Å². The maximum absolute atomic E-state index is 5.96. The average Bonchev–Trinajstić information content (AvgIpc) is 2.47. The van der Waals surface area contributed by atoms with Crippen molar-refractivity contribution in [2.24, 2.45) is 11.3 Å². The van der Waals surface area contributed by atoms with Gasteiger partial charge in [0.1, 0.15) is 5.82 Å². The predicted molar refractivity (Wildman–Crippen MR) is 88.8 cm³/mol. The Balaban J connectivity index is 2.05. The van der Waals surface area contributed by atoms with Gasteiger partial charge in [0.2, 0.25) is 5.88 Å². The number of aromatic nitrogens is 1. The van der Waals surface area contributed by atoms with Crippen molar-refractivity contribution in [1.29, 1.82) is 0 Å². The van der Waals surface area contributed by atoms with Gasteiger partial charge in [-0.15, -0.1) is 0 Å². The number of hydrogen-bond acceptors (Lipinski definition) is 4. The number of nitrogens with zero attached hydrogens (tertiary/aromatic N) is 2. The number of nitrogens with two attached hydrogens (primary N) is 1. The van der Waals surface area contributed by atoms with Gasteiger partial charge in [0.05, 0.1) is 12.3 Å². The third-order valence-electron chi connectivity index (χ3n) is 4.58. The van der Waals surface area contributed by atoms with Crippen LogP contribution in [0.1, 0.15) is 47.0 Å². The monoisotopic (exact) mass is 291 g/mol. The van der Waals surface area contributed by atoms with Gasteiger partial charge in [-0.3, -0.25) is 0 Å². The number of ether oxygens (including phenoxy) is 1. The average molecular weight is 291 g/mol. The van der Waals surface area contributed by atoms with Crippen molar-refractivity contribution in [3.63, 3.8) is 0 Å². The third-order valence-corrected chi connectivity index (χ3v) is 4.58. The SMILES string of the molecule is CCC1(C)CCN(c2ccc(N)c(OCC(C)C)n2)CC1. The molecule has 2 heterocycles. The lowest BCUT2D eigenvalue weighted by atomic mass is 9.78. The Bertz CT molecular complexity index is 465. The van der Waals surface area contributed by atoms with Crippen LogP contribution in [-0.4, -0.2) is 24.7 Å². The van der Waals surface area contributed by atoms with Crippen LogP contribution in [0.3, 0.4) is 0 Å². The molecule has 1 fully saturated rings. The molecule has 4 heteroatoms. The molecule has 118 valence electrons. The number of anilines is 2. The zero-order valence-electron chi connectivity index (χ0n) is 13.9. The highest BCUT2D eigenvalue weighted by atomic mass is 16.5. The molecule has 0 spiro atoms. The second kappa shape index (κ2) is 6.54. The van der Waals surface area contributed by atoms with E-state index in [1.807, 2.05) is 12.1 Å². The first-order valence-corrected chi connectivity index (χ1v) is 8.08. The fourth-order valence-corrected chi connectivity index (χ4v) is 2.61. The predicted octanol–water partition coefficient (Wildman–Crippen LogP) is 3.72. The van der Waals surface area contributed by atoms with Crippen molar-refractivity contribution in [1.82, 2.24) is 4.98 Å². The van der Waals surface area contributed by atoms with Crippen LogP contribution in [-0.2, 0) is 0 Å². The number of pyridine rings is 1. The summed E-state index contributed by atoms with van der Waals surface area (Å²) in [5.74, 6) is 2.03. The molecule has 21 heavy (non-hydrogen) atoms. The van der Waals surface area contributed by atoms with E-state index in [4.69, 9.17) is 10.5 Å². The Hall–Kier alpha value is -1.45. The van der Waals surface area contributed by atoms with Crippen LogP contribution in [0.15, 0.2) is 12.1 Å². The molecule has 4 nitrogen and oxygen atoms in total. The fraction of sp³-hybridized carbons (Fsp3) is 0.706. The molecule has 1 aliphatic rings. The zero-order valence-corrected chi connectivity index (χ0v) is 13.9. The maximum atomic E-state index is 5.96. The lowest BCUT2D eigenvalue weighted by Crippen LogP contribution is -2.38. The second-order valence-corrected chi connectivity index (χ2v) is 6.92. The van der Waals surface area contributed by atoms with E-state index >= 15 is 0 Å². The normalized spacial score (nSPS) is 18.0. The van der Waals surface area contributed by atoms with Crippen molar-refractivity contribution in [3.05, 3.63) is 12.1 Å². The van der Waals surface area contributed by atoms with Gasteiger partial charge in [-0.25, -0.2) is 0 Å². The van der Waals surface area contributed by atoms with E-state index in [1.165, 1.54) is 19.3 Å². The molecule has 0 radical (unpaired) electrons. The van der Waals surface area contributed by atoms with E-state index in [0.717, 1.165) is 18.9 Å². The van der Waals surface area contributed by atoms with E-state index < -0.39 is 0 Å². The van der Waals surface area contributed by atoms with Gasteiger partial charge in [0, 0.05) is 13.1 Å². The summed E-state index contributed by atoms with van der Waals surface area (Å²) in [6, 6.07) is 3.91. The Labute approximate surface area is 128 Å². The summed E-state index contributed by atoms with van der Waals surface area (Å²) in [6.45, 7) is 11.7. The van der Waals surface area contributed by atoms with Crippen LogP contribution < -0.4 is 15.4 Å². The third kappa shape index (κ3) is 4.02. The van der Waals surface area contributed by atoms with Crippen molar-refractivity contribution < 1.29 is 4.74 Å². The summed E-state index contributed by atoms with van der Waals surface area (Å²) in [5.41, 5.74) is 7.07. The minimum Gasteiger partial charge on any atom is -0.476 e. The smallest absolute Gasteiger partial charge is 0.239 e. The molecule has 2 N–H and O–H groups in total. The first-order valence-electron chi connectivity index (χ1n) is 8.08. The molecule has 0 saturated carbocycles. The minimum atomic E-state index is 0.468. The fourth-order valence-electron chi connectivity index (χ4n) is 2.61. The molecule has 1 aromatic heterocycles. The number of piperidine rings is 1. The lowest BCUT2D eigenvalue weighted by Gasteiger charge is -2.39. The van der Waals surface area contributed by atoms with Crippen LogP contribution in [0.5, 0.6) is 5.88 Å². The summed E-state index contributed by atoms with van der Waals surface area (Å²) in [6.07, 6.45) is 3.69. The quantitative estimate of drug-likeness (QED) is 0.898. The highest BCUT2D eigenvalue weighted by Gasteiger charge is 2.28. The van der Waals surface area contributed by atoms with Gasteiger partial charge in [-0.2, -0.15) is 4.98 Å². The Kier molecular flexibility index (Phi) is 4.96. The van der Waals surface area contributed by atoms with Crippen LogP contribution in [0.25, 0.3) is 0 Å². The van der Waals surface area contributed by atoms with Gasteiger partial charge >= 0.3 is 0 Å². The van der Waals surface area contributed by atoms with E-state index in [1.54, 1.807) is 0 Å².